The van der Waals surface area contributed by atoms with Crippen LogP contribution in [0.25, 0.3) is 16.8 Å². The summed E-state index contributed by atoms with van der Waals surface area (Å²) in [6, 6.07) is 4.26. The van der Waals surface area contributed by atoms with E-state index in [9.17, 15) is 0 Å². The number of ether oxygens (including phenoxy) is 1. The zero-order valence-corrected chi connectivity index (χ0v) is 10.2. The Morgan fingerprint density at radius 1 is 1.35 bits per heavy atom. The van der Waals surface area contributed by atoms with Gasteiger partial charge >= 0.3 is 0 Å². The average molecular weight is 225 g/mol. The summed E-state index contributed by atoms with van der Waals surface area (Å²) >= 11 is 0. The van der Waals surface area contributed by atoms with Crippen molar-refractivity contribution in [3.63, 3.8) is 0 Å². The topological polar surface area (TPSA) is 22.1 Å². The van der Waals surface area contributed by atoms with Crippen molar-refractivity contribution in [3.05, 3.63) is 41.1 Å². The highest BCUT2D eigenvalue weighted by atomic mass is 16.5. The van der Waals surface area contributed by atoms with Crippen LogP contribution >= 0.6 is 0 Å². The smallest absolute Gasteiger partial charge is 0.213 e. The van der Waals surface area contributed by atoms with Crippen molar-refractivity contribution in [2.45, 2.75) is 20.3 Å². The van der Waals surface area contributed by atoms with Gasteiger partial charge in [0.15, 0.2) is 0 Å². The standard InChI is InChI=1S/C15H15NO/c1-3-17-15-8-14-11(9-16-15)7-10(2)12-5-4-6-13(12)14/h4,6-9H,3,5H2,1-2H3. The zero-order valence-electron chi connectivity index (χ0n) is 10.2. The summed E-state index contributed by atoms with van der Waals surface area (Å²) in [7, 11) is 0. The second-order valence-corrected chi connectivity index (χ2v) is 4.37. The van der Waals surface area contributed by atoms with E-state index in [4.69, 9.17) is 4.74 Å². The molecule has 0 saturated heterocycles. The van der Waals surface area contributed by atoms with Gasteiger partial charge in [-0.25, -0.2) is 4.98 Å². The van der Waals surface area contributed by atoms with Gasteiger partial charge in [-0.2, -0.15) is 0 Å². The second kappa shape index (κ2) is 3.88. The third-order valence-electron chi connectivity index (χ3n) is 3.27. The molecule has 0 atom stereocenters. The highest BCUT2D eigenvalue weighted by Gasteiger charge is 2.13. The molecule has 0 radical (unpaired) electrons. The molecule has 1 aromatic carbocycles. The van der Waals surface area contributed by atoms with Crippen LogP contribution in [0.1, 0.15) is 23.6 Å². The van der Waals surface area contributed by atoms with Crippen molar-refractivity contribution < 1.29 is 4.74 Å². The number of aryl methyl sites for hydroxylation is 1. The minimum absolute atomic E-state index is 0.655. The van der Waals surface area contributed by atoms with Crippen molar-refractivity contribution in [1.82, 2.24) is 4.98 Å². The van der Waals surface area contributed by atoms with Crippen LogP contribution in [0, 0.1) is 6.92 Å². The first kappa shape index (κ1) is 10.3. The van der Waals surface area contributed by atoms with Crippen LogP contribution in [0.3, 0.4) is 0 Å². The summed E-state index contributed by atoms with van der Waals surface area (Å²) in [5.41, 5.74) is 4.12. The molecule has 0 amide bonds. The van der Waals surface area contributed by atoms with Crippen LogP contribution in [-0.2, 0) is 6.42 Å². The van der Waals surface area contributed by atoms with Crippen molar-refractivity contribution in [2.75, 3.05) is 6.61 Å². The van der Waals surface area contributed by atoms with E-state index >= 15 is 0 Å². The fourth-order valence-electron chi connectivity index (χ4n) is 2.47. The fourth-order valence-corrected chi connectivity index (χ4v) is 2.47. The second-order valence-electron chi connectivity index (χ2n) is 4.37. The van der Waals surface area contributed by atoms with Crippen LogP contribution in [0.4, 0.5) is 0 Å². The SMILES string of the molecule is CCOc1cc2c3c(c(C)cc2cn1)CC=C3. The third-order valence-corrected chi connectivity index (χ3v) is 3.27. The van der Waals surface area contributed by atoms with Crippen molar-refractivity contribution in [3.8, 4) is 5.88 Å². The lowest BCUT2D eigenvalue weighted by molar-refractivity contribution is 0.327. The van der Waals surface area contributed by atoms with Crippen molar-refractivity contribution >= 4 is 16.8 Å². The predicted molar refractivity (Wildman–Crippen MR) is 70.4 cm³/mol. The molecule has 0 spiro atoms. The number of nitrogens with zero attached hydrogens (tertiary/aromatic N) is 1. The van der Waals surface area contributed by atoms with Gasteiger partial charge in [0.1, 0.15) is 0 Å². The Kier molecular flexibility index (Phi) is 2.36. The number of pyridine rings is 1. The van der Waals surface area contributed by atoms with Gasteiger partial charge in [0.25, 0.3) is 0 Å². The molecule has 0 aliphatic heterocycles. The summed E-state index contributed by atoms with van der Waals surface area (Å²) in [4.78, 5) is 4.32. The number of benzene rings is 1. The lowest BCUT2D eigenvalue weighted by Crippen LogP contribution is -1.96. The average Bonchev–Trinajstić information content (AvgIpc) is 2.80. The zero-order chi connectivity index (χ0) is 11.8. The number of fused-ring (bicyclic) bond motifs is 3. The molecule has 0 bridgehead atoms. The first-order valence-corrected chi connectivity index (χ1v) is 6.01. The maximum Gasteiger partial charge on any atom is 0.213 e. The lowest BCUT2D eigenvalue weighted by Gasteiger charge is -2.10. The van der Waals surface area contributed by atoms with Gasteiger partial charge in [0, 0.05) is 17.6 Å². The molecule has 1 aliphatic rings. The number of aromatic nitrogens is 1. The number of hydrogen-bond acceptors (Lipinski definition) is 2. The normalized spacial score (nSPS) is 13.1. The van der Waals surface area contributed by atoms with Gasteiger partial charge in [-0.1, -0.05) is 12.2 Å². The quantitative estimate of drug-likeness (QED) is 0.780. The fraction of sp³-hybridized carbons (Fsp3) is 0.267. The Bertz CT molecular complexity index is 614. The van der Waals surface area contributed by atoms with Crippen LogP contribution in [0.2, 0.25) is 0 Å². The largest absolute Gasteiger partial charge is 0.478 e. The number of rotatable bonds is 2. The molecule has 2 aromatic rings. The monoisotopic (exact) mass is 225 g/mol. The summed E-state index contributed by atoms with van der Waals surface area (Å²) in [6.45, 7) is 4.80. The summed E-state index contributed by atoms with van der Waals surface area (Å²) in [5.74, 6) is 0.714. The van der Waals surface area contributed by atoms with Crippen LogP contribution in [-0.4, -0.2) is 11.6 Å². The molecule has 1 aliphatic carbocycles. The number of hydrogen-bond donors (Lipinski definition) is 0. The molecule has 17 heavy (non-hydrogen) atoms. The van der Waals surface area contributed by atoms with Crippen LogP contribution in [0.15, 0.2) is 24.4 Å². The molecule has 0 unspecified atom stereocenters. The van der Waals surface area contributed by atoms with Gasteiger partial charge in [-0.3, -0.25) is 0 Å². The summed E-state index contributed by atoms with van der Waals surface area (Å²) in [6.07, 6.45) is 7.38. The van der Waals surface area contributed by atoms with Gasteiger partial charge in [0.05, 0.1) is 6.61 Å². The molecule has 86 valence electrons. The Morgan fingerprint density at radius 2 is 2.24 bits per heavy atom. The van der Waals surface area contributed by atoms with Gasteiger partial charge < -0.3 is 4.74 Å². The minimum Gasteiger partial charge on any atom is -0.478 e. The van der Waals surface area contributed by atoms with Crippen LogP contribution < -0.4 is 4.74 Å². The van der Waals surface area contributed by atoms with E-state index in [2.05, 4.69) is 30.1 Å². The van der Waals surface area contributed by atoms with Crippen molar-refractivity contribution in [1.29, 1.82) is 0 Å². The van der Waals surface area contributed by atoms with Gasteiger partial charge in [-0.05, 0) is 48.4 Å². The highest BCUT2D eigenvalue weighted by molar-refractivity contribution is 5.94. The Hall–Kier alpha value is -1.83. The molecular formula is C15H15NO. The maximum absolute atomic E-state index is 5.47. The molecule has 3 rings (SSSR count). The van der Waals surface area contributed by atoms with E-state index in [1.807, 2.05) is 19.2 Å². The van der Waals surface area contributed by atoms with E-state index < -0.39 is 0 Å². The predicted octanol–water partition coefficient (Wildman–Crippen LogP) is 3.51. The first-order chi connectivity index (χ1) is 8.29. The molecule has 1 aromatic heterocycles. The van der Waals surface area contributed by atoms with E-state index in [-0.39, 0.29) is 0 Å². The van der Waals surface area contributed by atoms with Gasteiger partial charge in [-0.15, -0.1) is 0 Å². The maximum atomic E-state index is 5.47. The molecule has 0 saturated carbocycles. The third kappa shape index (κ3) is 1.60. The summed E-state index contributed by atoms with van der Waals surface area (Å²) < 4.78 is 5.47. The van der Waals surface area contributed by atoms with Crippen LogP contribution in [0.5, 0.6) is 5.88 Å². The van der Waals surface area contributed by atoms with E-state index in [0.29, 0.717) is 12.5 Å². The first-order valence-electron chi connectivity index (χ1n) is 6.01. The lowest BCUT2D eigenvalue weighted by atomic mass is 9.98. The summed E-state index contributed by atoms with van der Waals surface area (Å²) in [5, 5.41) is 2.44. The van der Waals surface area contributed by atoms with E-state index in [1.54, 1.807) is 0 Å². The molecule has 1 heterocycles. The molecule has 2 heteroatoms. The van der Waals surface area contributed by atoms with Crippen molar-refractivity contribution in [2.24, 2.45) is 0 Å². The minimum atomic E-state index is 0.655. The molecule has 0 fully saturated rings. The number of allylic oxidation sites excluding steroid dienone is 1. The highest BCUT2D eigenvalue weighted by Crippen LogP contribution is 2.32. The Labute approximate surface area is 101 Å². The Morgan fingerprint density at radius 3 is 3.06 bits per heavy atom. The van der Waals surface area contributed by atoms with E-state index in [1.165, 1.54) is 27.5 Å². The Balaban J connectivity index is 2.28. The molecule has 0 N–H and O–H groups in total. The molecular weight excluding hydrogens is 210 g/mol. The van der Waals surface area contributed by atoms with E-state index in [0.717, 1.165) is 6.42 Å². The van der Waals surface area contributed by atoms with Gasteiger partial charge in [0.2, 0.25) is 5.88 Å². The molecule has 2 nitrogen and oxygen atoms in total.